The number of aromatic amines is 1. The van der Waals surface area contributed by atoms with E-state index in [1.54, 1.807) is 0 Å². The third-order valence-electron chi connectivity index (χ3n) is 2.64. The van der Waals surface area contributed by atoms with Gasteiger partial charge in [-0.05, 0) is 0 Å². The molecule has 0 radical (unpaired) electrons. The van der Waals surface area contributed by atoms with Crippen molar-refractivity contribution in [2.45, 2.75) is 24.5 Å². The van der Waals surface area contributed by atoms with Crippen LogP contribution in [0.2, 0.25) is 0 Å². The molecule has 0 amide bonds. The fourth-order valence-corrected chi connectivity index (χ4v) is 1.74. The van der Waals surface area contributed by atoms with Crippen LogP contribution in [0.1, 0.15) is 9.08 Å². The largest absolute Gasteiger partial charge is 1.00 e. The summed E-state index contributed by atoms with van der Waals surface area (Å²) in [4.78, 5) is 24.3. The van der Waals surface area contributed by atoms with Crippen LogP contribution in [0.15, 0.2) is 21.9 Å². The normalized spacial score (nSPS) is 29.4. The van der Waals surface area contributed by atoms with Crippen LogP contribution in [0.3, 0.4) is 0 Å². The summed E-state index contributed by atoms with van der Waals surface area (Å²) in [5.41, 5.74) is -1.33. The van der Waals surface area contributed by atoms with Crippen molar-refractivity contribution < 1.29 is 82.0 Å². The van der Waals surface area contributed by atoms with Crippen LogP contribution in [-0.2, 0) is 4.74 Å². The Labute approximate surface area is 155 Å². The Balaban J connectivity index is -0.000000810. The Morgan fingerprint density at radius 2 is 1.95 bits per heavy atom. The van der Waals surface area contributed by atoms with Crippen LogP contribution < -0.4 is 70.4 Å². The smallest absolute Gasteiger partial charge is 1.00 e. The maximum Gasteiger partial charge on any atom is 1.00 e. The zero-order valence-corrected chi connectivity index (χ0v) is 14.7. The van der Waals surface area contributed by atoms with Gasteiger partial charge in [0, 0.05) is 12.3 Å². The van der Waals surface area contributed by atoms with Crippen molar-refractivity contribution in [2.24, 2.45) is 0 Å². The van der Waals surface area contributed by atoms with E-state index in [4.69, 9.17) is 9.84 Å². The minimum Gasteiger partial charge on any atom is -1.00 e. The van der Waals surface area contributed by atoms with Crippen LogP contribution >= 0.6 is 0 Å². The van der Waals surface area contributed by atoms with Crippen molar-refractivity contribution >= 4 is 0 Å². The van der Waals surface area contributed by atoms with Crippen molar-refractivity contribution in [1.82, 2.24) is 9.55 Å². The van der Waals surface area contributed by atoms with Gasteiger partial charge >= 0.3 is 64.8 Å². The van der Waals surface area contributed by atoms with Gasteiger partial charge in [0.2, 0.25) is 0 Å². The van der Waals surface area contributed by atoms with Crippen molar-refractivity contribution in [3.8, 4) is 0 Å². The number of ether oxygens (including phenoxy) is 1. The van der Waals surface area contributed by atoms with Gasteiger partial charge in [-0.15, -0.1) is 0 Å². The Bertz CT molecular complexity index is 527. The molecule has 0 spiro atoms. The number of aliphatic hydroxyl groups excluding tert-OH is 3. The molecule has 0 saturated carbocycles. The molecule has 98 valence electrons. The van der Waals surface area contributed by atoms with E-state index in [0.29, 0.717) is 0 Å². The molecule has 1 aliphatic rings. The number of hydrogen-bond donors (Lipinski definition) is 4. The van der Waals surface area contributed by atoms with E-state index in [2.05, 4.69) is 0 Å². The molecular formula is C9H14N2Na2O6. The van der Waals surface area contributed by atoms with Gasteiger partial charge in [-0.3, -0.25) is 14.3 Å². The number of nitrogens with one attached hydrogen (secondary N) is 1. The molecule has 2 heterocycles. The van der Waals surface area contributed by atoms with Gasteiger partial charge < -0.3 is 22.9 Å². The molecule has 1 aliphatic heterocycles. The Kier molecular flexibility index (Phi) is 8.30. The molecule has 4 atom stereocenters. The number of aromatic nitrogens is 2. The summed E-state index contributed by atoms with van der Waals surface area (Å²) in [5.74, 6) is 0. The maximum absolute atomic E-state index is 11.4. The zero-order chi connectivity index (χ0) is 12.6. The number of aliphatic hydroxyl groups is 3. The average Bonchev–Trinajstić information content (AvgIpc) is 2.57. The second-order valence-electron chi connectivity index (χ2n) is 3.75. The van der Waals surface area contributed by atoms with Gasteiger partial charge in [0.1, 0.15) is 18.3 Å². The summed E-state index contributed by atoms with van der Waals surface area (Å²) >= 11 is 0. The predicted molar refractivity (Wildman–Crippen MR) is 56.6 cm³/mol. The molecule has 1 aromatic rings. The van der Waals surface area contributed by atoms with E-state index in [9.17, 15) is 19.8 Å². The Morgan fingerprint density at radius 1 is 1.32 bits per heavy atom. The van der Waals surface area contributed by atoms with E-state index in [-0.39, 0.29) is 62.0 Å². The molecule has 1 aromatic heterocycles. The molecule has 10 heteroatoms. The van der Waals surface area contributed by atoms with Crippen molar-refractivity contribution in [1.29, 1.82) is 0 Å². The molecule has 1 saturated heterocycles. The summed E-state index contributed by atoms with van der Waals surface area (Å²) in [7, 11) is 0. The van der Waals surface area contributed by atoms with E-state index >= 15 is 0 Å². The fourth-order valence-electron chi connectivity index (χ4n) is 1.74. The summed E-state index contributed by atoms with van der Waals surface area (Å²) in [6.07, 6.45) is -3.58. The predicted octanol–water partition coefficient (Wildman–Crippen LogP) is -8.62. The van der Waals surface area contributed by atoms with Gasteiger partial charge in [-0.2, -0.15) is 0 Å². The van der Waals surface area contributed by atoms with Gasteiger partial charge in [-0.1, -0.05) is 0 Å². The fraction of sp³-hybridized carbons (Fsp3) is 0.556. The quantitative estimate of drug-likeness (QED) is 0.401. The zero-order valence-electron chi connectivity index (χ0n) is 12.7. The molecule has 2 rings (SSSR count). The number of hydrogen-bond acceptors (Lipinski definition) is 6. The SMILES string of the molecule is O=c1ccn([C@H]2O[C@@H](CO)C(O)C2O)c(=O)[nH]1.[H-].[H-].[Na+].[Na+]. The summed E-state index contributed by atoms with van der Waals surface area (Å²) in [5, 5.41) is 28.1. The van der Waals surface area contributed by atoms with Crippen molar-refractivity contribution in [3.63, 3.8) is 0 Å². The Hall–Kier alpha value is 0.520. The minimum absolute atomic E-state index is 0. The first-order valence-corrected chi connectivity index (χ1v) is 4.98. The monoisotopic (exact) mass is 292 g/mol. The van der Waals surface area contributed by atoms with Crippen LogP contribution in [-0.4, -0.2) is 49.8 Å². The molecule has 0 bridgehead atoms. The van der Waals surface area contributed by atoms with Gasteiger partial charge in [0.15, 0.2) is 6.23 Å². The standard InChI is InChI=1S/C9H12N2O6.2Na.2H/c12-3-4-6(14)7(15)8(17-4)11-2-1-5(13)10-9(11)16;;;;/h1-2,4,6-8,12,14-15H,3H2,(H,10,13,16);;;;/q;2*+1;2*-1/t4-,6?,7?,8-;;;;/m0..../s1. The molecule has 1 fully saturated rings. The van der Waals surface area contributed by atoms with E-state index < -0.39 is 42.4 Å². The molecule has 4 N–H and O–H groups in total. The second-order valence-corrected chi connectivity index (χ2v) is 3.75. The number of rotatable bonds is 2. The summed E-state index contributed by atoms with van der Waals surface area (Å²) < 4.78 is 6.08. The van der Waals surface area contributed by atoms with Gasteiger partial charge in [0.25, 0.3) is 5.56 Å². The first-order chi connectivity index (χ1) is 8.04. The van der Waals surface area contributed by atoms with E-state index in [1.165, 1.54) is 0 Å². The molecule has 0 aliphatic carbocycles. The summed E-state index contributed by atoms with van der Waals surface area (Å²) in [6.45, 7) is -0.479. The minimum atomic E-state index is -1.35. The first-order valence-electron chi connectivity index (χ1n) is 4.98. The third-order valence-corrected chi connectivity index (χ3v) is 2.64. The van der Waals surface area contributed by atoms with E-state index in [1.807, 2.05) is 4.98 Å². The van der Waals surface area contributed by atoms with Gasteiger partial charge in [0.05, 0.1) is 6.61 Å². The van der Waals surface area contributed by atoms with Gasteiger partial charge in [-0.25, -0.2) is 4.79 Å². The average molecular weight is 292 g/mol. The molecule has 2 unspecified atom stereocenters. The second kappa shape index (κ2) is 8.08. The molecule has 0 aromatic carbocycles. The topological polar surface area (TPSA) is 125 Å². The maximum atomic E-state index is 11.4. The molecular weight excluding hydrogens is 278 g/mol. The van der Waals surface area contributed by atoms with Crippen LogP contribution in [0.25, 0.3) is 0 Å². The van der Waals surface area contributed by atoms with E-state index in [0.717, 1.165) is 16.8 Å². The Morgan fingerprint density at radius 3 is 2.42 bits per heavy atom. The first kappa shape index (κ1) is 19.5. The number of H-pyrrole nitrogens is 1. The van der Waals surface area contributed by atoms with Crippen LogP contribution in [0.4, 0.5) is 0 Å². The summed E-state index contributed by atoms with van der Waals surface area (Å²) in [6, 6.07) is 1.09. The van der Waals surface area contributed by atoms with Crippen molar-refractivity contribution in [3.05, 3.63) is 33.1 Å². The molecule has 8 nitrogen and oxygen atoms in total. The van der Waals surface area contributed by atoms with Crippen LogP contribution in [0, 0.1) is 0 Å². The third kappa shape index (κ3) is 4.01. The molecule has 19 heavy (non-hydrogen) atoms. The number of nitrogens with zero attached hydrogens (tertiary/aromatic N) is 1. The van der Waals surface area contributed by atoms with Crippen molar-refractivity contribution in [2.75, 3.05) is 6.61 Å². The van der Waals surface area contributed by atoms with Crippen LogP contribution in [0.5, 0.6) is 0 Å².